The molecule has 0 N–H and O–H groups in total. The van der Waals surface area contributed by atoms with Gasteiger partial charge in [-0.1, -0.05) is 30.7 Å². The first-order valence-corrected chi connectivity index (χ1v) is 7.04. The van der Waals surface area contributed by atoms with Gasteiger partial charge in [0, 0.05) is 11.3 Å². The van der Waals surface area contributed by atoms with Crippen molar-refractivity contribution < 1.29 is 4.74 Å². The predicted molar refractivity (Wildman–Crippen MR) is 79.4 cm³/mol. The van der Waals surface area contributed by atoms with Crippen LogP contribution in [-0.2, 0) is 12.3 Å². The summed E-state index contributed by atoms with van der Waals surface area (Å²) >= 11 is 12.1. The molecule has 0 unspecified atom stereocenters. The monoisotopic (exact) mass is 295 g/mol. The van der Waals surface area contributed by atoms with Crippen LogP contribution in [0.1, 0.15) is 23.9 Å². The highest BCUT2D eigenvalue weighted by molar-refractivity contribution is 6.32. The zero-order chi connectivity index (χ0) is 13.8. The molecule has 1 heterocycles. The summed E-state index contributed by atoms with van der Waals surface area (Å²) in [6.07, 6.45) is 0.803. The number of aromatic nitrogens is 1. The van der Waals surface area contributed by atoms with E-state index < -0.39 is 0 Å². The van der Waals surface area contributed by atoms with Gasteiger partial charge in [-0.15, -0.1) is 11.6 Å². The Bertz CT molecular complexity index is 584. The van der Waals surface area contributed by atoms with Gasteiger partial charge in [0.15, 0.2) is 5.75 Å². The van der Waals surface area contributed by atoms with E-state index in [0.717, 1.165) is 29.1 Å². The smallest absolute Gasteiger partial charge is 0.150 e. The van der Waals surface area contributed by atoms with Crippen molar-refractivity contribution in [3.63, 3.8) is 0 Å². The minimum absolute atomic E-state index is 0.358. The van der Waals surface area contributed by atoms with E-state index in [0.29, 0.717) is 16.7 Å². The van der Waals surface area contributed by atoms with E-state index in [-0.39, 0.29) is 0 Å². The van der Waals surface area contributed by atoms with Crippen molar-refractivity contribution >= 4 is 23.2 Å². The average Bonchev–Trinajstić information content (AvgIpc) is 2.42. The van der Waals surface area contributed by atoms with E-state index in [9.17, 15) is 0 Å². The standard InChI is InChI=1S/C15H15Cl2NO/c1-3-13-14(8-7-10(2)18-13)19-15-11(9-16)5-4-6-12(15)17/h4-8H,3,9H2,1-2H3. The van der Waals surface area contributed by atoms with Gasteiger partial charge in [0.25, 0.3) is 0 Å². The number of alkyl halides is 1. The fourth-order valence-corrected chi connectivity index (χ4v) is 2.27. The lowest BCUT2D eigenvalue weighted by Gasteiger charge is -2.13. The predicted octanol–water partition coefficient (Wildman–Crippen LogP) is 5.14. The molecule has 19 heavy (non-hydrogen) atoms. The van der Waals surface area contributed by atoms with Gasteiger partial charge in [-0.2, -0.15) is 0 Å². The normalized spacial score (nSPS) is 10.5. The van der Waals surface area contributed by atoms with Crippen LogP contribution in [0.3, 0.4) is 0 Å². The molecule has 0 fully saturated rings. The number of pyridine rings is 1. The molecule has 0 spiro atoms. The van der Waals surface area contributed by atoms with Gasteiger partial charge in [0.05, 0.1) is 16.6 Å². The Morgan fingerprint density at radius 2 is 2.00 bits per heavy atom. The van der Waals surface area contributed by atoms with Crippen LogP contribution in [0.4, 0.5) is 0 Å². The number of ether oxygens (including phenoxy) is 1. The lowest BCUT2D eigenvalue weighted by atomic mass is 10.2. The second kappa shape index (κ2) is 6.27. The van der Waals surface area contributed by atoms with Crippen LogP contribution in [-0.4, -0.2) is 4.98 Å². The van der Waals surface area contributed by atoms with E-state index in [4.69, 9.17) is 27.9 Å². The molecule has 1 aromatic heterocycles. The van der Waals surface area contributed by atoms with Crippen molar-refractivity contribution in [3.05, 3.63) is 52.3 Å². The van der Waals surface area contributed by atoms with Crippen LogP contribution in [0.25, 0.3) is 0 Å². The van der Waals surface area contributed by atoms with Gasteiger partial charge in [0.1, 0.15) is 5.75 Å². The van der Waals surface area contributed by atoms with E-state index in [1.165, 1.54) is 0 Å². The summed E-state index contributed by atoms with van der Waals surface area (Å²) in [5.41, 5.74) is 2.76. The van der Waals surface area contributed by atoms with Crippen molar-refractivity contribution in [2.24, 2.45) is 0 Å². The van der Waals surface area contributed by atoms with Gasteiger partial charge in [-0.05, 0) is 31.5 Å². The zero-order valence-electron chi connectivity index (χ0n) is 10.9. The second-order valence-corrected chi connectivity index (χ2v) is 4.89. The fraction of sp³-hybridized carbons (Fsp3) is 0.267. The summed E-state index contributed by atoms with van der Waals surface area (Å²) in [4.78, 5) is 4.47. The van der Waals surface area contributed by atoms with Gasteiger partial charge >= 0.3 is 0 Å². The van der Waals surface area contributed by atoms with E-state index >= 15 is 0 Å². The van der Waals surface area contributed by atoms with Gasteiger partial charge in [-0.25, -0.2) is 0 Å². The largest absolute Gasteiger partial charge is 0.454 e. The molecule has 1 aromatic carbocycles. The topological polar surface area (TPSA) is 22.1 Å². The molecule has 0 aliphatic heterocycles. The number of aryl methyl sites for hydroxylation is 2. The molecule has 0 saturated carbocycles. The molecule has 0 amide bonds. The van der Waals surface area contributed by atoms with Crippen molar-refractivity contribution in [1.29, 1.82) is 0 Å². The summed E-state index contributed by atoms with van der Waals surface area (Å²) in [5, 5.41) is 0.556. The molecular formula is C15H15Cl2NO. The Hall–Kier alpha value is -1.25. The average molecular weight is 296 g/mol. The minimum Gasteiger partial charge on any atom is -0.454 e. The quantitative estimate of drug-likeness (QED) is 0.729. The highest BCUT2D eigenvalue weighted by atomic mass is 35.5. The first kappa shape index (κ1) is 14.2. The van der Waals surface area contributed by atoms with E-state index in [1.54, 1.807) is 6.07 Å². The minimum atomic E-state index is 0.358. The van der Waals surface area contributed by atoms with E-state index in [2.05, 4.69) is 4.98 Å². The number of hydrogen-bond donors (Lipinski definition) is 0. The third-order valence-corrected chi connectivity index (χ3v) is 3.40. The fourth-order valence-electron chi connectivity index (χ4n) is 1.83. The van der Waals surface area contributed by atoms with Crippen LogP contribution in [0.15, 0.2) is 30.3 Å². The maximum Gasteiger partial charge on any atom is 0.150 e. The summed E-state index contributed by atoms with van der Waals surface area (Å²) < 4.78 is 5.93. The molecule has 4 heteroatoms. The number of nitrogens with zero attached hydrogens (tertiary/aromatic N) is 1. The third kappa shape index (κ3) is 3.20. The second-order valence-electron chi connectivity index (χ2n) is 4.21. The zero-order valence-corrected chi connectivity index (χ0v) is 12.4. The van der Waals surface area contributed by atoms with Crippen molar-refractivity contribution in [2.75, 3.05) is 0 Å². The van der Waals surface area contributed by atoms with Gasteiger partial charge in [-0.3, -0.25) is 4.98 Å². The highest BCUT2D eigenvalue weighted by Crippen LogP contribution is 2.35. The first-order chi connectivity index (χ1) is 9.15. The van der Waals surface area contributed by atoms with Gasteiger partial charge in [0.2, 0.25) is 0 Å². The summed E-state index contributed by atoms with van der Waals surface area (Å²) in [6.45, 7) is 4.01. The number of rotatable bonds is 4. The third-order valence-electron chi connectivity index (χ3n) is 2.81. The number of benzene rings is 1. The van der Waals surface area contributed by atoms with Crippen molar-refractivity contribution in [3.8, 4) is 11.5 Å². The van der Waals surface area contributed by atoms with Crippen LogP contribution in [0, 0.1) is 6.92 Å². The Morgan fingerprint density at radius 3 is 2.68 bits per heavy atom. The summed E-state index contributed by atoms with van der Waals surface area (Å²) in [7, 11) is 0. The Kier molecular flexibility index (Phi) is 4.67. The molecule has 100 valence electrons. The molecule has 0 aliphatic rings. The SMILES string of the molecule is CCc1nc(C)ccc1Oc1c(Cl)cccc1CCl. The van der Waals surface area contributed by atoms with Crippen molar-refractivity contribution in [2.45, 2.75) is 26.1 Å². The molecule has 2 rings (SSSR count). The molecule has 0 bridgehead atoms. The molecule has 0 radical (unpaired) electrons. The van der Waals surface area contributed by atoms with Crippen LogP contribution < -0.4 is 4.74 Å². The van der Waals surface area contributed by atoms with Crippen LogP contribution >= 0.6 is 23.2 Å². The number of hydrogen-bond acceptors (Lipinski definition) is 2. The summed E-state index contributed by atoms with van der Waals surface area (Å²) in [6, 6.07) is 9.40. The van der Waals surface area contributed by atoms with Crippen LogP contribution in [0.5, 0.6) is 11.5 Å². The molecule has 0 aliphatic carbocycles. The number of halogens is 2. The van der Waals surface area contributed by atoms with E-state index in [1.807, 2.05) is 38.1 Å². The molecule has 0 saturated heterocycles. The Balaban J connectivity index is 2.41. The maximum atomic E-state index is 6.18. The lowest BCUT2D eigenvalue weighted by molar-refractivity contribution is 0.469. The maximum absolute atomic E-state index is 6.18. The molecule has 2 aromatic rings. The molecule has 2 nitrogen and oxygen atoms in total. The highest BCUT2D eigenvalue weighted by Gasteiger charge is 2.12. The van der Waals surface area contributed by atoms with Gasteiger partial charge < -0.3 is 4.74 Å². The lowest BCUT2D eigenvalue weighted by Crippen LogP contribution is -1.97. The van der Waals surface area contributed by atoms with Crippen LogP contribution in [0.2, 0.25) is 5.02 Å². The first-order valence-electron chi connectivity index (χ1n) is 6.13. The Morgan fingerprint density at radius 1 is 1.21 bits per heavy atom. The molecular weight excluding hydrogens is 281 g/mol. The summed E-state index contributed by atoms with van der Waals surface area (Å²) in [5.74, 6) is 1.70. The Labute approximate surface area is 123 Å². The van der Waals surface area contributed by atoms with Crippen molar-refractivity contribution in [1.82, 2.24) is 4.98 Å². The number of para-hydroxylation sites is 1. The molecule has 0 atom stereocenters.